The fourth-order valence-corrected chi connectivity index (χ4v) is 2.87. The van der Waals surface area contributed by atoms with Crippen molar-refractivity contribution < 1.29 is 4.74 Å². The molecule has 0 fully saturated rings. The van der Waals surface area contributed by atoms with Crippen LogP contribution in [0.1, 0.15) is 32.4 Å². The van der Waals surface area contributed by atoms with Crippen molar-refractivity contribution in [2.45, 2.75) is 38.1 Å². The number of aromatic amines is 1. The Labute approximate surface area is 129 Å². The van der Waals surface area contributed by atoms with Gasteiger partial charge in [-0.25, -0.2) is 4.98 Å². The third-order valence-corrected chi connectivity index (χ3v) is 3.85. The van der Waals surface area contributed by atoms with Gasteiger partial charge < -0.3 is 10.1 Å². The van der Waals surface area contributed by atoms with Crippen LogP contribution in [0, 0.1) is 0 Å². The summed E-state index contributed by atoms with van der Waals surface area (Å²) in [4.78, 5) is 4.14. The van der Waals surface area contributed by atoms with E-state index < -0.39 is 0 Å². The normalized spacial score (nSPS) is 12.6. The van der Waals surface area contributed by atoms with Gasteiger partial charge in [-0.1, -0.05) is 30.8 Å². The third kappa shape index (κ3) is 5.06. The Balaban J connectivity index is 1.99. The summed E-state index contributed by atoms with van der Waals surface area (Å²) >= 11 is 1.66. The summed E-state index contributed by atoms with van der Waals surface area (Å²) in [6.45, 7) is 7.10. The molecule has 1 atom stereocenters. The molecule has 0 amide bonds. The average Bonchev–Trinajstić information content (AvgIpc) is 2.97. The summed E-state index contributed by atoms with van der Waals surface area (Å²) in [7, 11) is 0. The van der Waals surface area contributed by atoms with E-state index in [2.05, 4.69) is 39.6 Å². The van der Waals surface area contributed by atoms with Gasteiger partial charge >= 0.3 is 0 Å². The Bertz CT molecular complexity index is 513. The number of ether oxygens (including phenoxy) is 1. The van der Waals surface area contributed by atoms with Crippen molar-refractivity contribution in [3.8, 4) is 5.75 Å². The van der Waals surface area contributed by atoms with Crippen LogP contribution in [-0.4, -0.2) is 33.6 Å². The van der Waals surface area contributed by atoms with Crippen LogP contribution in [0.4, 0.5) is 0 Å². The maximum absolute atomic E-state index is 5.68. The molecule has 1 aromatic heterocycles. The quantitative estimate of drug-likeness (QED) is 0.734. The molecule has 5 nitrogen and oxygen atoms in total. The van der Waals surface area contributed by atoms with Crippen molar-refractivity contribution in [1.29, 1.82) is 0 Å². The van der Waals surface area contributed by atoms with Gasteiger partial charge in [-0.05, 0) is 38.1 Å². The fraction of sp³-hybridized carbons (Fsp3) is 0.467. The number of nitrogens with one attached hydrogen (secondary N) is 2. The first-order valence-corrected chi connectivity index (χ1v) is 8.15. The number of aromatic nitrogens is 3. The average molecular weight is 306 g/mol. The molecular weight excluding hydrogens is 284 g/mol. The van der Waals surface area contributed by atoms with Crippen LogP contribution < -0.4 is 10.1 Å². The highest BCUT2D eigenvalue weighted by molar-refractivity contribution is 7.99. The molecule has 0 bridgehead atoms. The number of hydrogen-bond acceptors (Lipinski definition) is 5. The number of rotatable bonds is 8. The molecule has 1 aromatic carbocycles. The summed E-state index contributed by atoms with van der Waals surface area (Å²) in [6.07, 6.45) is 1.73. The van der Waals surface area contributed by atoms with E-state index in [0.717, 1.165) is 23.2 Å². The van der Waals surface area contributed by atoms with Gasteiger partial charge in [0.1, 0.15) is 12.1 Å². The lowest BCUT2D eigenvalue weighted by molar-refractivity contribution is 0.242. The van der Waals surface area contributed by atoms with Gasteiger partial charge in [0, 0.05) is 11.8 Å². The summed E-state index contributed by atoms with van der Waals surface area (Å²) < 4.78 is 5.68. The molecule has 0 saturated heterocycles. The summed E-state index contributed by atoms with van der Waals surface area (Å²) in [5.74, 6) is 1.81. The van der Waals surface area contributed by atoms with Crippen LogP contribution in [0.5, 0.6) is 5.75 Å². The highest BCUT2D eigenvalue weighted by atomic mass is 32.2. The van der Waals surface area contributed by atoms with Gasteiger partial charge in [-0.15, -0.1) is 0 Å². The molecule has 1 unspecified atom stereocenters. The topological polar surface area (TPSA) is 62.8 Å². The molecule has 21 heavy (non-hydrogen) atoms. The first-order valence-electron chi connectivity index (χ1n) is 7.17. The summed E-state index contributed by atoms with van der Waals surface area (Å²) in [5, 5.41) is 11.1. The highest BCUT2D eigenvalue weighted by Crippen LogP contribution is 2.24. The molecule has 6 heteroatoms. The molecule has 0 aliphatic carbocycles. The second-order valence-corrected chi connectivity index (χ2v) is 5.96. The standard InChI is InChI=1S/C15H22N4OS/c1-4-16-14(9-21-15-17-10-18-19-15)12-5-7-13(8-6-12)20-11(2)3/h5-8,10-11,14,16H,4,9H2,1-3H3,(H,17,18,19). The minimum Gasteiger partial charge on any atom is -0.491 e. The first-order chi connectivity index (χ1) is 10.2. The molecule has 0 radical (unpaired) electrons. The first kappa shape index (κ1) is 15.9. The molecule has 2 rings (SSSR count). The second-order valence-electron chi connectivity index (χ2n) is 4.95. The zero-order valence-corrected chi connectivity index (χ0v) is 13.5. The van der Waals surface area contributed by atoms with Crippen molar-refractivity contribution in [2.24, 2.45) is 0 Å². The van der Waals surface area contributed by atoms with E-state index in [0.29, 0.717) is 0 Å². The van der Waals surface area contributed by atoms with Crippen molar-refractivity contribution in [2.75, 3.05) is 12.3 Å². The molecule has 1 heterocycles. The van der Waals surface area contributed by atoms with E-state index in [9.17, 15) is 0 Å². The molecule has 0 aliphatic heterocycles. The predicted octanol–water partition coefficient (Wildman–Crippen LogP) is 3.03. The van der Waals surface area contributed by atoms with Crippen molar-refractivity contribution in [3.05, 3.63) is 36.2 Å². The van der Waals surface area contributed by atoms with E-state index in [4.69, 9.17) is 4.74 Å². The van der Waals surface area contributed by atoms with E-state index in [1.165, 1.54) is 11.9 Å². The molecule has 2 aromatic rings. The molecule has 0 aliphatic rings. The lowest BCUT2D eigenvalue weighted by Crippen LogP contribution is -2.23. The Hall–Kier alpha value is -1.53. The SMILES string of the molecule is CCNC(CSc1ncn[nH]1)c1ccc(OC(C)C)cc1. The van der Waals surface area contributed by atoms with Crippen LogP contribution in [0.3, 0.4) is 0 Å². The van der Waals surface area contributed by atoms with Crippen molar-refractivity contribution >= 4 is 11.8 Å². The maximum atomic E-state index is 5.68. The minimum absolute atomic E-state index is 0.197. The predicted molar refractivity (Wildman–Crippen MR) is 85.7 cm³/mol. The molecular formula is C15H22N4OS. The van der Waals surface area contributed by atoms with Crippen LogP contribution in [-0.2, 0) is 0 Å². The van der Waals surface area contributed by atoms with Gasteiger partial charge in [0.2, 0.25) is 0 Å². The van der Waals surface area contributed by atoms with E-state index in [1.54, 1.807) is 11.8 Å². The summed E-state index contributed by atoms with van der Waals surface area (Å²) in [6, 6.07) is 8.56. The van der Waals surface area contributed by atoms with E-state index in [-0.39, 0.29) is 12.1 Å². The van der Waals surface area contributed by atoms with Crippen molar-refractivity contribution in [3.63, 3.8) is 0 Å². The Morgan fingerprint density at radius 2 is 2.05 bits per heavy atom. The molecule has 0 spiro atoms. The highest BCUT2D eigenvalue weighted by Gasteiger charge is 2.12. The van der Waals surface area contributed by atoms with Gasteiger partial charge in [0.15, 0.2) is 5.16 Å². The van der Waals surface area contributed by atoms with Crippen LogP contribution in [0.15, 0.2) is 35.7 Å². The number of thioether (sulfide) groups is 1. The monoisotopic (exact) mass is 306 g/mol. The zero-order chi connectivity index (χ0) is 15.1. The van der Waals surface area contributed by atoms with Crippen LogP contribution >= 0.6 is 11.8 Å². The number of hydrogen-bond donors (Lipinski definition) is 2. The minimum atomic E-state index is 0.197. The van der Waals surface area contributed by atoms with Crippen LogP contribution in [0.25, 0.3) is 0 Å². The number of benzene rings is 1. The number of H-pyrrole nitrogens is 1. The van der Waals surface area contributed by atoms with Gasteiger partial charge in [0.05, 0.1) is 6.10 Å². The Kier molecular flexibility index (Phi) is 6.07. The Morgan fingerprint density at radius 3 is 2.62 bits per heavy atom. The summed E-state index contributed by atoms with van der Waals surface area (Å²) in [5.41, 5.74) is 1.25. The van der Waals surface area contributed by atoms with E-state index >= 15 is 0 Å². The smallest absolute Gasteiger partial charge is 0.183 e. The van der Waals surface area contributed by atoms with Crippen LogP contribution in [0.2, 0.25) is 0 Å². The van der Waals surface area contributed by atoms with Gasteiger partial charge in [-0.2, -0.15) is 5.10 Å². The lowest BCUT2D eigenvalue weighted by atomic mass is 10.1. The van der Waals surface area contributed by atoms with Gasteiger partial charge in [-0.3, -0.25) is 5.10 Å². The largest absolute Gasteiger partial charge is 0.491 e. The second kappa shape index (κ2) is 8.05. The zero-order valence-electron chi connectivity index (χ0n) is 12.7. The van der Waals surface area contributed by atoms with Crippen molar-refractivity contribution in [1.82, 2.24) is 20.5 Å². The third-order valence-electron chi connectivity index (χ3n) is 2.88. The van der Waals surface area contributed by atoms with E-state index in [1.807, 2.05) is 26.0 Å². The number of nitrogens with zero attached hydrogens (tertiary/aromatic N) is 2. The molecule has 0 saturated carbocycles. The fourth-order valence-electron chi connectivity index (χ4n) is 2.00. The maximum Gasteiger partial charge on any atom is 0.183 e. The van der Waals surface area contributed by atoms with Gasteiger partial charge in [0.25, 0.3) is 0 Å². The molecule has 114 valence electrons. The molecule has 2 N–H and O–H groups in total. The lowest BCUT2D eigenvalue weighted by Gasteiger charge is -2.18. The Morgan fingerprint density at radius 1 is 1.29 bits per heavy atom.